The minimum Gasteiger partial charge on any atom is -0.495 e. The van der Waals surface area contributed by atoms with Gasteiger partial charge in [0.15, 0.2) is 6.10 Å². The zero-order valence-electron chi connectivity index (χ0n) is 16.3. The van der Waals surface area contributed by atoms with Crippen LogP contribution in [0, 0.1) is 17.0 Å². The highest BCUT2D eigenvalue weighted by atomic mass is 16.6. The van der Waals surface area contributed by atoms with E-state index < -0.39 is 22.9 Å². The highest BCUT2D eigenvalue weighted by molar-refractivity contribution is 5.96. The van der Waals surface area contributed by atoms with Gasteiger partial charge >= 0.3 is 5.97 Å². The molecule has 1 N–H and O–H groups in total. The van der Waals surface area contributed by atoms with E-state index in [0.717, 1.165) is 5.56 Å². The number of rotatable bonds is 9. The lowest BCUT2D eigenvalue weighted by Crippen LogP contribution is -2.30. The van der Waals surface area contributed by atoms with Gasteiger partial charge in [-0.15, -0.1) is 0 Å². The minimum atomic E-state index is -1.11. The number of esters is 1. The Morgan fingerprint density at radius 2 is 1.90 bits per heavy atom. The number of carbonyl (C=O) groups is 2. The van der Waals surface area contributed by atoms with Crippen molar-refractivity contribution in [3.8, 4) is 11.5 Å². The Bertz CT molecular complexity index is 898. The van der Waals surface area contributed by atoms with E-state index in [4.69, 9.17) is 14.2 Å². The topological polar surface area (TPSA) is 117 Å². The zero-order valence-corrected chi connectivity index (χ0v) is 16.3. The van der Waals surface area contributed by atoms with Crippen LogP contribution in [0.3, 0.4) is 0 Å². The molecule has 0 unspecified atom stereocenters. The lowest BCUT2D eigenvalue weighted by molar-refractivity contribution is -0.384. The third-order valence-electron chi connectivity index (χ3n) is 3.99. The van der Waals surface area contributed by atoms with Gasteiger partial charge in [-0.1, -0.05) is 18.2 Å². The van der Waals surface area contributed by atoms with Crippen LogP contribution in [0.4, 0.5) is 11.4 Å². The number of nitrogens with one attached hydrogen (secondary N) is 1. The van der Waals surface area contributed by atoms with E-state index >= 15 is 0 Å². The molecular formula is C20H22N2O7. The number of nitro benzene ring substituents is 1. The Morgan fingerprint density at radius 1 is 1.17 bits per heavy atom. The first-order valence-electron chi connectivity index (χ1n) is 8.83. The molecule has 0 saturated carbocycles. The summed E-state index contributed by atoms with van der Waals surface area (Å²) in [6.07, 6.45) is -1.14. The van der Waals surface area contributed by atoms with Gasteiger partial charge in [0.25, 0.3) is 11.6 Å². The molecule has 0 saturated heterocycles. The highest BCUT2D eigenvalue weighted by Crippen LogP contribution is 2.29. The number of nitrogens with zero attached hydrogens (tertiary/aromatic N) is 1. The fraction of sp³-hybridized carbons (Fsp3) is 0.300. The van der Waals surface area contributed by atoms with Crippen LogP contribution in [0.2, 0.25) is 0 Å². The second-order valence-corrected chi connectivity index (χ2v) is 6.13. The highest BCUT2D eigenvalue weighted by Gasteiger charge is 2.21. The average molecular weight is 402 g/mol. The zero-order chi connectivity index (χ0) is 21.4. The predicted molar refractivity (Wildman–Crippen MR) is 105 cm³/mol. The summed E-state index contributed by atoms with van der Waals surface area (Å²) in [6.45, 7) is 3.40. The number of ether oxygens (including phenoxy) is 3. The lowest BCUT2D eigenvalue weighted by atomic mass is 10.2. The summed E-state index contributed by atoms with van der Waals surface area (Å²) in [7, 11) is 1.37. The molecule has 154 valence electrons. The number of nitro groups is 1. The summed E-state index contributed by atoms with van der Waals surface area (Å²) in [4.78, 5) is 34.6. The molecule has 0 radical (unpaired) electrons. The van der Waals surface area contributed by atoms with Crippen LogP contribution in [-0.2, 0) is 14.3 Å². The number of benzene rings is 2. The van der Waals surface area contributed by atoms with Crippen molar-refractivity contribution in [2.45, 2.75) is 26.4 Å². The maximum absolute atomic E-state index is 12.3. The molecule has 9 nitrogen and oxygen atoms in total. The first-order chi connectivity index (χ1) is 13.8. The van der Waals surface area contributed by atoms with Gasteiger partial charge in [-0.25, -0.2) is 0 Å². The van der Waals surface area contributed by atoms with E-state index in [0.29, 0.717) is 5.75 Å². The lowest BCUT2D eigenvalue weighted by Gasteiger charge is -2.15. The van der Waals surface area contributed by atoms with Crippen molar-refractivity contribution in [2.24, 2.45) is 0 Å². The van der Waals surface area contributed by atoms with Crippen molar-refractivity contribution < 1.29 is 28.7 Å². The number of hydrogen-bond donors (Lipinski definition) is 1. The van der Waals surface area contributed by atoms with Crippen molar-refractivity contribution >= 4 is 23.3 Å². The maximum atomic E-state index is 12.3. The van der Waals surface area contributed by atoms with Gasteiger partial charge in [0, 0.05) is 12.1 Å². The molecule has 9 heteroatoms. The van der Waals surface area contributed by atoms with Gasteiger partial charge < -0.3 is 19.5 Å². The van der Waals surface area contributed by atoms with Gasteiger partial charge in [0.1, 0.15) is 11.5 Å². The molecule has 0 aliphatic rings. The molecule has 2 rings (SSSR count). The van der Waals surface area contributed by atoms with Gasteiger partial charge in [-0.3, -0.25) is 19.7 Å². The third-order valence-corrected chi connectivity index (χ3v) is 3.99. The van der Waals surface area contributed by atoms with Crippen molar-refractivity contribution in [2.75, 3.05) is 19.0 Å². The Hall–Kier alpha value is -3.62. The van der Waals surface area contributed by atoms with Crippen LogP contribution >= 0.6 is 0 Å². The quantitative estimate of drug-likeness (QED) is 0.389. The fourth-order valence-electron chi connectivity index (χ4n) is 2.41. The van der Waals surface area contributed by atoms with Gasteiger partial charge in [-0.2, -0.15) is 0 Å². The van der Waals surface area contributed by atoms with Crippen LogP contribution in [-0.4, -0.2) is 36.6 Å². The second kappa shape index (κ2) is 10.1. The molecule has 0 spiro atoms. The molecule has 29 heavy (non-hydrogen) atoms. The van der Waals surface area contributed by atoms with Crippen LogP contribution in [0.25, 0.3) is 0 Å². The summed E-state index contributed by atoms with van der Waals surface area (Å²) in [5.74, 6) is -0.331. The van der Waals surface area contributed by atoms with E-state index in [1.807, 2.05) is 25.1 Å². The number of hydrogen-bond acceptors (Lipinski definition) is 7. The van der Waals surface area contributed by atoms with Crippen LogP contribution in [0.1, 0.15) is 18.9 Å². The summed E-state index contributed by atoms with van der Waals surface area (Å²) >= 11 is 0. The molecule has 0 bridgehead atoms. The molecular weight excluding hydrogens is 380 g/mol. The minimum absolute atomic E-state index is 0.0356. The number of carbonyl (C=O) groups excluding carboxylic acids is 2. The van der Waals surface area contributed by atoms with Gasteiger partial charge in [0.05, 0.1) is 30.7 Å². The van der Waals surface area contributed by atoms with Crippen LogP contribution < -0.4 is 14.8 Å². The number of aryl methyl sites for hydroxylation is 1. The molecule has 2 aromatic carbocycles. The summed E-state index contributed by atoms with van der Waals surface area (Å²) < 4.78 is 15.7. The first-order valence-corrected chi connectivity index (χ1v) is 8.83. The van der Waals surface area contributed by atoms with Gasteiger partial charge in [0.2, 0.25) is 0 Å². The Kier molecular flexibility index (Phi) is 7.53. The average Bonchev–Trinajstić information content (AvgIpc) is 2.69. The number of non-ortho nitro benzene ring substituents is 1. The smallest absolute Gasteiger partial charge is 0.310 e. The molecule has 1 amide bonds. The van der Waals surface area contributed by atoms with Crippen molar-refractivity contribution in [3.63, 3.8) is 0 Å². The number of para-hydroxylation sites is 1. The molecule has 0 aliphatic carbocycles. The van der Waals surface area contributed by atoms with Crippen molar-refractivity contribution in [3.05, 3.63) is 58.1 Å². The Labute approximate surface area is 167 Å². The van der Waals surface area contributed by atoms with E-state index in [9.17, 15) is 19.7 Å². The number of methoxy groups -OCH3 is 1. The molecule has 0 aliphatic heterocycles. The summed E-state index contributed by atoms with van der Waals surface area (Å²) in [6, 6.07) is 11.2. The summed E-state index contributed by atoms with van der Waals surface area (Å²) in [5.41, 5.74) is 0.844. The maximum Gasteiger partial charge on any atom is 0.310 e. The second-order valence-electron chi connectivity index (χ2n) is 6.13. The largest absolute Gasteiger partial charge is 0.495 e. The molecule has 2 aromatic rings. The molecule has 0 heterocycles. The number of amides is 1. The molecule has 1 atom stereocenters. The van der Waals surface area contributed by atoms with Crippen molar-refractivity contribution in [1.29, 1.82) is 0 Å². The summed E-state index contributed by atoms with van der Waals surface area (Å²) in [5, 5.41) is 13.4. The monoisotopic (exact) mass is 402 g/mol. The number of anilines is 1. The van der Waals surface area contributed by atoms with E-state index in [1.165, 1.54) is 32.2 Å². The SMILES string of the molecule is COc1ccc([N+](=O)[O-])cc1NC(=O)[C@@H](C)OC(=O)CCOc1ccccc1C. The van der Waals surface area contributed by atoms with Crippen LogP contribution in [0.15, 0.2) is 42.5 Å². The first kappa shape index (κ1) is 21.7. The molecule has 0 aromatic heterocycles. The Balaban J connectivity index is 1.88. The standard InChI is InChI=1S/C20H22N2O7/c1-13-6-4-5-7-17(13)28-11-10-19(23)29-14(2)20(24)21-16-12-15(22(25)26)8-9-18(16)27-3/h4-9,12,14H,10-11H2,1-3H3,(H,21,24)/t14-/m1/s1. The van der Waals surface area contributed by atoms with E-state index in [2.05, 4.69) is 5.32 Å². The Morgan fingerprint density at radius 3 is 2.55 bits per heavy atom. The predicted octanol–water partition coefficient (Wildman–Crippen LogP) is 3.25. The van der Waals surface area contributed by atoms with E-state index in [-0.39, 0.29) is 30.2 Å². The van der Waals surface area contributed by atoms with E-state index in [1.54, 1.807) is 6.07 Å². The third kappa shape index (κ3) is 6.20. The van der Waals surface area contributed by atoms with Gasteiger partial charge in [-0.05, 0) is 31.5 Å². The molecule has 0 fully saturated rings. The fourth-order valence-corrected chi connectivity index (χ4v) is 2.41. The van der Waals surface area contributed by atoms with Crippen molar-refractivity contribution in [1.82, 2.24) is 0 Å². The normalized spacial score (nSPS) is 11.3. The van der Waals surface area contributed by atoms with Crippen LogP contribution in [0.5, 0.6) is 11.5 Å².